The molecule has 0 fully saturated rings. The molecule has 0 heterocycles. The highest BCUT2D eigenvalue weighted by molar-refractivity contribution is 5.84. The maximum atomic E-state index is 12.6. The summed E-state index contributed by atoms with van der Waals surface area (Å²) < 4.78 is 5.59. The van der Waals surface area contributed by atoms with Gasteiger partial charge in [-0.1, -0.05) is 69.3 Å². The summed E-state index contributed by atoms with van der Waals surface area (Å²) in [6, 6.07) is 15.3. The van der Waals surface area contributed by atoms with Crippen LogP contribution in [0.4, 0.5) is 4.79 Å². The maximum absolute atomic E-state index is 12.6. The summed E-state index contributed by atoms with van der Waals surface area (Å²) in [5, 5.41) is 14.8. The fourth-order valence-electron chi connectivity index (χ4n) is 4.28. The van der Waals surface area contributed by atoms with Gasteiger partial charge in [0, 0.05) is 17.9 Å². The zero-order valence-electron chi connectivity index (χ0n) is 20.5. The van der Waals surface area contributed by atoms with Crippen LogP contribution in [0.2, 0.25) is 0 Å². The van der Waals surface area contributed by atoms with Gasteiger partial charge in [-0.05, 0) is 47.9 Å². The molecule has 7 nitrogen and oxygen atoms in total. The fourth-order valence-corrected chi connectivity index (χ4v) is 4.28. The largest absolute Gasteiger partial charge is 0.480 e. The van der Waals surface area contributed by atoms with Crippen molar-refractivity contribution >= 4 is 18.0 Å². The highest BCUT2D eigenvalue weighted by Gasteiger charge is 2.33. The summed E-state index contributed by atoms with van der Waals surface area (Å²) in [5.74, 6) is -1.47. The van der Waals surface area contributed by atoms with E-state index in [0.717, 1.165) is 22.3 Å². The number of ether oxygens (including phenoxy) is 1. The fraction of sp³-hybridized carbons (Fsp3) is 0.444. The van der Waals surface area contributed by atoms with Gasteiger partial charge in [0.1, 0.15) is 12.6 Å². The number of carboxylic acids is 1. The van der Waals surface area contributed by atoms with Gasteiger partial charge in [-0.2, -0.15) is 0 Å². The lowest BCUT2D eigenvalue weighted by Crippen LogP contribution is -2.50. The third-order valence-electron chi connectivity index (χ3n) is 6.18. The highest BCUT2D eigenvalue weighted by atomic mass is 16.5. The van der Waals surface area contributed by atoms with Crippen LogP contribution in [0.15, 0.2) is 48.5 Å². The minimum Gasteiger partial charge on any atom is -0.480 e. The van der Waals surface area contributed by atoms with Gasteiger partial charge in [0.15, 0.2) is 0 Å². The van der Waals surface area contributed by atoms with E-state index >= 15 is 0 Å². The van der Waals surface area contributed by atoms with Crippen LogP contribution in [0.3, 0.4) is 0 Å². The van der Waals surface area contributed by atoms with Crippen molar-refractivity contribution in [2.45, 2.75) is 65.0 Å². The summed E-state index contributed by atoms with van der Waals surface area (Å²) in [6.07, 6.45) is -0.138. The van der Waals surface area contributed by atoms with E-state index in [1.54, 1.807) is 34.6 Å². The lowest BCUT2D eigenvalue weighted by molar-refractivity contribution is -0.145. The van der Waals surface area contributed by atoms with Crippen LogP contribution < -0.4 is 10.6 Å². The first-order valence-electron chi connectivity index (χ1n) is 11.5. The minimum atomic E-state index is -1.07. The van der Waals surface area contributed by atoms with E-state index < -0.39 is 29.1 Å². The van der Waals surface area contributed by atoms with Crippen LogP contribution in [0.25, 0.3) is 11.1 Å². The molecule has 34 heavy (non-hydrogen) atoms. The standard InChI is InChI=1S/C27H34N2O5/c1-26(2,3)23(24(31)32)28-22(30)14-15-27(4,5)29-25(33)34-16-21-19-12-8-6-10-17(19)18-11-7-9-13-20(18)21/h6-13,21,23H,14-16H2,1-5H3,(H,28,30)(H,29,33)(H,31,32)/t23-/m1/s1. The van der Waals surface area contributed by atoms with E-state index in [1.807, 2.05) is 24.3 Å². The summed E-state index contributed by atoms with van der Waals surface area (Å²) >= 11 is 0. The first-order chi connectivity index (χ1) is 15.9. The Kier molecular flexibility index (Phi) is 7.34. The molecule has 1 aliphatic carbocycles. The molecule has 0 bridgehead atoms. The number of hydrogen-bond donors (Lipinski definition) is 3. The smallest absolute Gasteiger partial charge is 0.407 e. The molecular formula is C27H34N2O5. The molecule has 2 aromatic rings. The average molecular weight is 467 g/mol. The van der Waals surface area contributed by atoms with Crippen molar-refractivity contribution in [3.05, 3.63) is 59.7 Å². The van der Waals surface area contributed by atoms with Crippen molar-refractivity contribution in [1.29, 1.82) is 0 Å². The predicted molar refractivity (Wildman–Crippen MR) is 131 cm³/mol. The second-order valence-corrected chi connectivity index (χ2v) is 10.5. The van der Waals surface area contributed by atoms with Crippen LogP contribution in [0.5, 0.6) is 0 Å². The van der Waals surface area contributed by atoms with E-state index in [-0.39, 0.29) is 24.9 Å². The zero-order chi connectivity index (χ0) is 25.1. The molecule has 182 valence electrons. The summed E-state index contributed by atoms with van der Waals surface area (Å²) in [5.41, 5.74) is 3.27. The topological polar surface area (TPSA) is 105 Å². The third kappa shape index (κ3) is 5.95. The van der Waals surface area contributed by atoms with Gasteiger partial charge >= 0.3 is 12.1 Å². The van der Waals surface area contributed by atoms with E-state index in [4.69, 9.17) is 4.74 Å². The molecule has 2 aromatic carbocycles. The molecule has 1 atom stereocenters. The first kappa shape index (κ1) is 25.3. The van der Waals surface area contributed by atoms with Crippen LogP contribution in [0.1, 0.15) is 64.5 Å². The van der Waals surface area contributed by atoms with Gasteiger partial charge in [0.25, 0.3) is 0 Å². The molecular weight excluding hydrogens is 432 g/mol. The van der Waals surface area contributed by atoms with Crippen molar-refractivity contribution < 1.29 is 24.2 Å². The zero-order valence-corrected chi connectivity index (χ0v) is 20.5. The molecule has 3 N–H and O–H groups in total. The van der Waals surface area contributed by atoms with Crippen molar-refractivity contribution in [2.24, 2.45) is 5.41 Å². The molecule has 0 saturated carbocycles. The Labute approximate surface area is 200 Å². The Morgan fingerprint density at radius 1 is 0.941 bits per heavy atom. The van der Waals surface area contributed by atoms with Crippen LogP contribution in [-0.4, -0.2) is 41.3 Å². The second kappa shape index (κ2) is 9.87. The number of aliphatic carboxylic acids is 1. The molecule has 0 aliphatic heterocycles. The van der Waals surface area contributed by atoms with Crippen LogP contribution in [-0.2, 0) is 14.3 Å². The van der Waals surface area contributed by atoms with E-state index in [1.165, 1.54) is 0 Å². The lowest BCUT2D eigenvalue weighted by Gasteiger charge is -2.29. The predicted octanol–water partition coefficient (Wildman–Crippen LogP) is 4.70. The van der Waals surface area contributed by atoms with E-state index in [2.05, 4.69) is 34.9 Å². The molecule has 3 rings (SSSR count). The van der Waals surface area contributed by atoms with Gasteiger partial charge < -0.3 is 20.5 Å². The van der Waals surface area contributed by atoms with Crippen LogP contribution >= 0.6 is 0 Å². The van der Waals surface area contributed by atoms with Gasteiger partial charge in [-0.3, -0.25) is 4.79 Å². The molecule has 0 saturated heterocycles. The molecule has 0 unspecified atom stereocenters. The summed E-state index contributed by atoms with van der Waals surface area (Å²) in [4.78, 5) is 36.4. The normalized spacial score (nSPS) is 14.0. The van der Waals surface area contributed by atoms with Gasteiger partial charge in [-0.25, -0.2) is 9.59 Å². The molecule has 2 amide bonds. The monoisotopic (exact) mass is 466 g/mol. The number of alkyl carbamates (subject to hydrolysis) is 1. The number of carboxylic acid groups (broad SMARTS) is 1. The van der Waals surface area contributed by atoms with Crippen molar-refractivity contribution in [3.63, 3.8) is 0 Å². The average Bonchev–Trinajstić information content (AvgIpc) is 3.07. The number of hydrogen-bond acceptors (Lipinski definition) is 4. The summed E-state index contributed by atoms with van der Waals surface area (Å²) in [6.45, 7) is 9.10. The Hall–Kier alpha value is -3.35. The Balaban J connectivity index is 1.54. The molecule has 0 spiro atoms. The first-order valence-corrected chi connectivity index (χ1v) is 11.5. The van der Waals surface area contributed by atoms with Crippen molar-refractivity contribution in [3.8, 4) is 11.1 Å². The molecule has 7 heteroatoms. The van der Waals surface area contributed by atoms with Gasteiger partial charge in [0.05, 0.1) is 0 Å². The lowest BCUT2D eigenvalue weighted by atomic mass is 9.86. The minimum absolute atomic E-state index is 0.0302. The Morgan fingerprint density at radius 2 is 1.47 bits per heavy atom. The number of carbonyl (C=O) groups is 3. The third-order valence-corrected chi connectivity index (χ3v) is 6.18. The van der Waals surface area contributed by atoms with Gasteiger partial charge in [0.2, 0.25) is 5.91 Å². The SMILES string of the molecule is CC(C)(CCC(=O)N[C@H](C(=O)O)C(C)(C)C)NC(=O)OCC1c2ccccc2-c2ccccc21. The number of fused-ring (bicyclic) bond motifs is 3. The number of benzene rings is 2. The Bertz CT molecular complexity index is 1030. The highest BCUT2D eigenvalue weighted by Crippen LogP contribution is 2.44. The van der Waals surface area contributed by atoms with E-state index in [0.29, 0.717) is 6.42 Å². The second-order valence-electron chi connectivity index (χ2n) is 10.5. The molecule has 1 aliphatic rings. The maximum Gasteiger partial charge on any atom is 0.407 e. The molecule has 0 aromatic heterocycles. The van der Waals surface area contributed by atoms with Crippen LogP contribution in [0, 0.1) is 5.41 Å². The number of nitrogens with one attached hydrogen (secondary N) is 2. The number of carbonyl (C=O) groups excluding carboxylic acids is 2. The Morgan fingerprint density at radius 3 is 1.97 bits per heavy atom. The summed E-state index contributed by atoms with van der Waals surface area (Å²) in [7, 11) is 0. The molecule has 0 radical (unpaired) electrons. The van der Waals surface area contributed by atoms with Crippen molar-refractivity contribution in [2.75, 3.05) is 6.61 Å². The number of amides is 2. The van der Waals surface area contributed by atoms with E-state index in [9.17, 15) is 19.5 Å². The quantitative estimate of drug-likeness (QED) is 0.523. The van der Waals surface area contributed by atoms with Gasteiger partial charge in [-0.15, -0.1) is 0 Å². The number of rotatable bonds is 8. The van der Waals surface area contributed by atoms with Crippen molar-refractivity contribution in [1.82, 2.24) is 10.6 Å².